The number of nitrogens with zero attached hydrogens (tertiary/aromatic N) is 1. The van der Waals surface area contributed by atoms with Gasteiger partial charge in [0.2, 0.25) is 0 Å². The number of fused-ring (bicyclic) bond motifs is 1. The van der Waals surface area contributed by atoms with E-state index in [9.17, 15) is 24.5 Å². The normalized spacial score (nSPS) is 10.4. The molecule has 1 aromatic heterocycles. The first kappa shape index (κ1) is 20.9. The molecule has 0 atom stereocenters. The van der Waals surface area contributed by atoms with Crippen molar-refractivity contribution in [2.45, 2.75) is 6.92 Å². The predicted molar refractivity (Wildman–Crippen MR) is 112 cm³/mol. The van der Waals surface area contributed by atoms with Gasteiger partial charge in [0.15, 0.2) is 6.61 Å². The van der Waals surface area contributed by atoms with Gasteiger partial charge in [-0.1, -0.05) is 6.07 Å². The van der Waals surface area contributed by atoms with E-state index in [0.29, 0.717) is 27.9 Å². The average Bonchev–Trinajstić information content (AvgIpc) is 3.16. The lowest BCUT2D eigenvalue weighted by Crippen LogP contribution is -2.23. The Morgan fingerprint density at radius 1 is 1.13 bits per heavy atom. The van der Waals surface area contributed by atoms with Crippen LogP contribution in [-0.2, 0) is 9.53 Å². The molecule has 0 spiro atoms. The van der Waals surface area contributed by atoms with Crippen LogP contribution in [0.25, 0.3) is 10.1 Å². The van der Waals surface area contributed by atoms with Crippen LogP contribution in [0.1, 0.15) is 27.0 Å². The number of hydrogen-bond acceptors (Lipinski definition) is 7. The maximum Gasteiger partial charge on any atom is 0.348 e. The van der Waals surface area contributed by atoms with Crippen molar-refractivity contribution >= 4 is 50.6 Å². The number of nitrogens with one attached hydrogen (secondary N) is 2. The molecule has 9 nitrogen and oxygen atoms in total. The molecule has 0 saturated carbocycles. The van der Waals surface area contributed by atoms with Gasteiger partial charge in [-0.15, -0.1) is 11.3 Å². The van der Waals surface area contributed by atoms with Gasteiger partial charge in [0.05, 0.1) is 4.92 Å². The summed E-state index contributed by atoms with van der Waals surface area (Å²) in [5.41, 5.74) is 0.717. The van der Waals surface area contributed by atoms with E-state index in [0.717, 1.165) is 11.3 Å². The van der Waals surface area contributed by atoms with Crippen molar-refractivity contribution in [1.82, 2.24) is 5.32 Å². The zero-order valence-electron chi connectivity index (χ0n) is 15.8. The second-order valence-corrected chi connectivity index (χ2v) is 7.24. The van der Waals surface area contributed by atoms with E-state index >= 15 is 0 Å². The van der Waals surface area contributed by atoms with Gasteiger partial charge in [0, 0.05) is 40.0 Å². The van der Waals surface area contributed by atoms with Gasteiger partial charge in [-0.25, -0.2) is 4.79 Å². The highest BCUT2D eigenvalue weighted by atomic mass is 32.1. The minimum Gasteiger partial charge on any atom is -0.451 e. The third-order valence-electron chi connectivity index (χ3n) is 3.99. The first-order chi connectivity index (χ1) is 14.4. The molecule has 2 N–H and O–H groups in total. The highest BCUT2D eigenvalue weighted by Crippen LogP contribution is 2.29. The lowest BCUT2D eigenvalue weighted by atomic mass is 10.2. The Kier molecular flexibility index (Phi) is 6.38. The van der Waals surface area contributed by atoms with Gasteiger partial charge in [-0.2, -0.15) is 0 Å². The number of nitro benzene ring substituents is 1. The van der Waals surface area contributed by atoms with Crippen molar-refractivity contribution in [3.05, 3.63) is 69.1 Å². The van der Waals surface area contributed by atoms with Crippen molar-refractivity contribution < 1.29 is 24.0 Å². The van der Waals surface area contributed by atoms with Crippen molar-refractivity contribution in [3.8, 4) is 0 Å². The molecular formula is C20H17N3O6S. The summed E-state index contributed by atoms with van der Waals surface area (Å²) in [7, 11) is 0. The summed E-state index contributed by atoms with van der Waals surface area (Å²) in [6.07, 6.45) is 0. The maximum atomic E-state index is 12.2. The van der Waals surface area contributed by atoms with Gasteiger partial charge in [-0.3, -0.25) is 19.7 Å². The highest BCUT2D eigenvalue weighted by molar-refractivity contribution is 7.20. The molecule has 1 heterocycles. The number of benzene rings is 2. The van der Waals surface area contributed by atoms with E-state index < -0.39 is 23.4 Å². The van der Waals surface area contributed by atoms with Crippen molar-refractivity contribution in [2.24, 2.45) is 0 Å². The Morgan fingerprint density at radius 3 is 2.67 bits per heavy atom. The number of ether oxygens (including phenoxy) is 1. The van der Waals surface area contributed by atoms with Crippen LogP contribution < -0.4 is 10.6 Å². The molecule has 0 fully saturated rings. The van der Waals surface area contributed by atoms with Gasteiger partial charge < -0.3 is 15.4 Å². The van der Waals surface area contributed by atoms with Crippen LogP contribution in [0.5, 0.6) is 0 Å². The number of non-ortho nitro benzene ring substituents is 1. The smallest absolute Gasteiger partial charge is 0.348 e. The number of carbonyl (C=O) groups excluding carboxylic acids is 3. The van der Waals surface area contributed by atoms with Crippen LogP contribution in [0.15, 0.2) is 48.5 Å². The zero-order chi connectivity index (χ0) is 21.7. The molecule has 0 aliphatic heterocycles. The first-order valence-electron chi connectivity index (χ1n) is 8.90. The molecular weight excluding hydrogens is 410 g/mol. The summed E-state index contributed by atoms with van der Waals surface area (Å²) < 4.78 is 5.73. The Bertz CT molecular complexity index is 1140. The molecule has 30 heavy (non-hydrogen) atoms. The standard InChI is InChI=1S/C20H17N3O6S/c1-2-21-19(25)12-4-3-5-14(8-12)22-18(24)11-29-20(26)17-10-13-9-15(23(27)28)6-7-16(13)30-17/h3-10H,2,11H2,1H3,(H,21,25)(H,22,24). The number of nitro groups is 1. The molecule has 3 rings (SSSR count). The molecule has 3 aromatic rings. The number of carbonyl (C=O) groups is 3. The van der Waals surface area contributed by atoms with Gasteiger partial charge in [-0.05, 0) is 37.3 Å². The fraction of sp³-hybridized carbons (Fsp3) is 0.150. The summed E-state index contributed by atoms with van der Waals surface area (Å²) in [5, 5.41) is 16.6. The molecule has 0 unspecified atom stereocenters. The second-order valence-electron chi connectivity index (χ2n) is 6.15. The number of hydrogen-bond donors (Lipinski definition) is 2. The van der Waals surface area contributed by atoms with Crippen LogP contribution in [0, 0.1) is 10.1 Å². The van der Waals surface area contributed by atoms with Crippen LogP contribution in [0.2, 0.25) is 0 Å². The molecule has 2 aromatic carbocycles. The van der Waals surface area contributed by atoms with Gasteiger partial charge in [0.25, 0.3) is 17.5 Å². The van der Waals surface area contributed by atoms with E-state index in [1.165, 1.54) is 24.3 Å². The summed E-state index contributed by atoms with van der Waals surface area (Å²) in [4.78, 5) is 46.7. The second kappa shape index (κ2) is 9.14. The summed E-state index contributed by atoms with van der Waals surface area (Å²) in [5.74, 6) is -1.52. The SMILES string of the molecule is CCNC(=O)c1cccc(NC(=O)COC(=O)c2cc3cc([N+](=O)[O-])ccc3s2)c1. The minimum absolute atomic E-state index is 0.0746. The maximum absolute atomic E-state index is 12.2. The molecule has 0 aliphatic carbocycles. The summed E-state index contributed by atoms with van der Waals surface area (Å²) >= 11 is 1.12. The van der Waals surface area contributed by atoms with E-state index in [1.54, 1.807) is 31.2 Å². The fourth-order valence-corrected chi connectivity index (χ4v) is 3.58. The average molecular weight is 427 g/mol. The number of rotatable bonds is 7. The van der Waals surface area contributed by atoms with Crippen LogP contribution >= 0.6 is 11.3 Å². The van der Waals surface area contributed by atoms with E-state index in [1.807, 2.05) is 0 Å². The summed E-state index contributed by atoms with van der Waals surface area (Å²) in [6, 6.07) is 12.2. The molecule has 2 amide bonds. The topological polar surface area (TPSA) is 128 Å². The Balaban J connectivity index is 1.60. The summed E-state index contributed by atoms with van der Waals surface area (Å²) in [6.45, 7) is 1.77. The number of amides is 2. The number of anilines is 1. The Hall–Kier alpha value is -3.79. The Labute approximate surface area is 174 Å². The highest BCUT2D eigenvalue weighted by Gasteiger charge is 2.16. The van der Waals surface area contributed by atoms with Gasteiger partial charge in [0.1, 0.15) is 4.88 Å². The lowest BCUT2D eigenvalue weighted by Gasteiger charge is -2.08. The van der Waals surface area contributed by atoms with Crippen molar-refractivity contribution in [1.29, 1.82) is 0 Å². The zero-order valence-corrected chi connectivity index (χ0v) is 16.7. The molecule has 10 heteroatoms. The number of esters is 1. The third-order valence-corrected chi connectivity index (χ3v) is 5.09. The van der Waals surface area contributed by atoms with Crippen molar-refractivity contribution in [2.75, 3.05) is 18.5 Å². The lowest BCUT2D eigenvalue weighted by molar-refractivity contribution is -0.384. The quantitative estimate of drug-likeness (QED) is 0.338. The third kappa shape index (κ3) is 4.97. The minimum atomic E-state index is -0.704. The van der Waals surface area contributed by atoms with Crippen LogP contribution in [0.4, 0.5) is 11.4 Å². The van der Waals surface area contributed by atoms with E-state index in [4.69, 9.17) is 4.74 Å². The fourth-order valence-electron chi connectivity index (χ4n) is 2.65. The monoisotopic (exact) mass is 427 g/mol. The molecule has 0 saturated heterocycles. The van der Waals surface area contributed by atoms with Crippen LogP contribution in [-0.4, -0.2) is 35.9 Å². The van der Waals surface area contributed by atoms with E-state index in [2.05, 4.69) is 10.6 Å². The first-order valence-corrected chi connectivity index (χ1v) is 9.72. The molecule has 0 bridgehead atoms. The molecule has 0 aliphatic rings. The number of thiophene rings is 1. The molecule has 0 radical (unpaired) electrons. The van der Waals surface area contributed by atoms with Crippen molar-refractivity contribution in [3.63, 3.8) is 0 Å². The van der Waals surface area contributed by atoms with E-state index in [-0.39, 0.29) is 16.5 Å². The largest absolute Gasteiger partial charge is 0.451 e. The molecule has 154 valence electrons. The van der Waals surface area contributed by atoms with Gasteiger partial charge >= 0.3 is 5.97 Å². The Morgan fingerprint density at radius 2 is 1.93 bits per heavy atom. The van der Waals surface area contributed by atoms with Crippen LogP contribution in [0.3, 0.4) is 0 Å². The predicted octanol–water partition coefficient (Wildman–Crippen LogP) is 3.35.